The predicted octanol–water partition coefficient (Wildman–Crippen LogP) is 2.42. The van der Waals surface area contributed by atoms with Crippen LogP contribution in [0.2, 0.25) is 0 Å². The zero-order valence-electron chi connectivity index (χ0n) is 20.4. The molecule has 2 fully saturated rings. The molecular formula is C27H36N4O3. The summed E-state index contributed by atoms with van der Waals surface area (Å²) in [7, 11) is 4.03. The van der Waals surface area contributed by atoms with E-state index in [0.29, 0.717) is 11.6 Å². The molecule has 2 amide bonds. The highest BCUT2D eigenvalue weighted by atomic mass is 16.3. The fourth-order valence-corrected chi connectivity index (χ4v) is 5.03. The quantitative estimate of drug-likeness (QED) is 0.586. The third kappa shape index (κ3) is 5.59. The van der Waals surface area contributed by atoms with Crippen molar-refractivity contribution in [3.63, 3.8) is 0 Å². The number of amides is 2. The molecule has 1 aliphatic heterocycles. The van der Waals surface area contributed by atoms with Gasteiger partial charge in [0.15, 0.2) is 0 Å². The van der Waals surface area contributed by atoms with Gasteiger partial charge < -0.3 is 20.6 Å². The SMILES string of the molecule is Cc1cccc(C(=O)NCC(=O)NC2CN(C3CCC(O)(c4ccc(N(C)C)cc4)CC3)C2)c1. The summed E-state index contributed by atoms with van der Waals surface area (Å²) < 4.78 is 0. The minimum Gasteiger partial charge on any atom is -0.385 e. The second-order valence-corrected chi connectivity index (χ2v) is 9.97. The Morgan fingerprint density at radius 2 is 1.76 bits per heavy atom. The Morgan fingerprint density at radius 1 is 1.09 bits per heavy atom. The van der Waals surface area contributed by atoms with Crippen molar-refractivity contribution in [2.75, 3.05) is 38.6 Å². The standard InChI is InChI=1S/C27H36N4O3/c1-19-5-4-6-20(15-19)26(33)28-16-25(32)29-22-17-31(18-22)24-11-13-27(34,14-12-24)21-7-9-23(10-8-21)30(2)3/h4-10,15,22,24,34H,11-14,16-18H2,1-3H3,(H,28,33)(H,29,32). The Kier molecular flexibility index (Phi) is 7.24. The minimum atomic E-state index is -0.755. The molecule has 7 nitrogen and oxygen atoms in total. The number of benzene rings is 2. The van der Waals surface area contributed by atoms with Gasteiger partial charge >= 0.3 is 0 Å². The number of carbonyl (C=O) groups excluding carboxylic acids is 2. The van der Waals surface area contributed by atoms with Gasteiger partial charge in [-0.1, -0.05) is 29.8 Å². The number of hydrogen-bond acceptors (Lipinski definition) is 5. The summed E-state index contributed by atoms with van der Waals surface area (Å²) in [5.41, 5.74) is 2.95. The van der Waals surface area contributed by atoms with E-state index in [1.54, 1.807) is 12.1 Å². The molecule has 0 unspecified atom stereocenters. The molecule has 0 aromatic heterocycles. The van der Waals surface area contributed by atoms with Gasteiger partial charge in [0.1, 0.15) is 0 Å². The first-order valence-electron chi connectivity index (χ1n) is 12.1. The maximum Gasteiger partial charge on any atom is 0.251 e. The molecule has 1 aliphatic carbocycles. The molecule has 7 heteroatoms. The van der Waals surface area contributed by atoms with Crippen LogP contribution in [0.15, 0.2) is 48.5 Å². The molecule has 3 N–H and O–H groups in total. The van der Waals surface area contributed by atoms with Crippen molar-refractivity contribution in [1.82, 2.24) is 15.5 Å². The van der Waals surface area contributed by atoms with Crippen LogP contribution in [0.4, 0.5) is 5.69 Å². The van der Waals surface area contributed by atoms with Crippen molar-refractivity contribution in [3.05, 3.63) is 65.2 Å². The van der Waals surface area contributed by atoms with Crippen LogP contribution in [0, 0.1) is 6.92 Å². The molecule has 34 heavy (non-hydrogen) atoms. The average molecular weight is 465 g/mol. The molecule has 182 valence electrons. The van der Waals surface area contributed by atoms with Crippen molar-refractivity contribution >= 4 is 17.5 Å². The van der Waals surface area contributed by atoms with Gasteiger partial charge in [-0.15, -0.1) is 0 Å². The molecule has 0 bridgehead atoms. The molecule has 0 atom stereocenters. The zero-order valence-corrected chi connectivity index (χ0v) is 20.4. The molecule has 2 aliphatic rings. The molecule has 1 saturated heterocycles. The molecule has 0 radical (unpaired) electrons. The number of anilines is 1. The normalized spacial score (nSPS) is 23.1. The first-order valence-corrected chi connectivity index (χ1v) is 12.1. The van der Waals surface area contributed by atoms with E-state index in [1.807, 2.05) is 45.3 Å². The van der Waals surface area contributed by atoms with Crippen LogP contribution >= 0.6 is 0 Å². The summed E-state index contributed by atoms with van der Waals surface area (Å²) >= 11 is 0. The van der Waals surface area contributed by atoms with Crippen LogP contribution in [-0.4, -0.2) is 67.6 Å². The van der Waals surface area contributed by atoms with Crippen LogP contribution in [0.5, 0.6) is 0 Å². The minimum absolute atomic E-state index is 0.0215. The van der Waals surface area contributed by atoms with Crippen molar-refractivity contribution in [2.45, 2.75) is 50.3 Å². The molecule has 0 spiro atoms. The van der Waals surface area contributed by atoms with E-state index in [1.165, 1.54) is 0 Å². The number of aliphatic hydroxyl groups is 1. The van der Waals surface area contributed by atoms with Gasteiger partial charge in [0.05, 0.1) is 18.2 Å². The molecular weight excluding hydrogens is 428 g/mol. The van der Waals surface area contributed by atoms with E-state index in [0.717, 1.165) is 55.6 Å². The van der Waals surface area contributed by atoms with Crippen LogP contribution < -0.4 is 15.5 Å². The first kappa shape index (κ1) is 24.2. The number of rotatable bonds is 7. The number of likely N-dealkylation sites (tertiary alicyclic amines) is 1. The Labute approximate surface area is 202 Å². The average Bonchev–Trinajstić information content (AvgIpc) is 2.80. The van der Waals surface area contributed by atoms with Gasteiger partial charge in [0.25, 0.3) is 5.91 Å². The molecule has 4 rings (SSSR count). The summed E-state index contributed by atoms with van der Waals surface area (Å²) in [5.74, 6) is -0.398. The number of carbonyl (C=O) groups is 2. The van der Waals surface area contributed by atoms with Gasteiger partial charge in [0, 0.05) is 44.5 Å². The lowest BCUT2D eigenvalue weighted by Gasteiger charge is -2.48. The van der Waals surface area contributed by atoms with Crippen molar-refractivity contribution in [1.29, 1.82) is 0 Å². The molecule has 2 aromatic rings. The van der Waals surface area contributed by atoms with Crippen LogP contribution in [0.25, 0.3) is 0 Å². The Hall–Kier alpha value is -2.90. The number of hydrogen-bond donors (Lipinski definition) is 3. The third-order valence-electron chi connectivity index (χ3n) is 7.18. The Bertz CT molecular complexity index is 1010. The number of aryl methyl sites for hydroxylation is 1. The predicted molar refractivity (Wildman–Crippen MR) is 134 cm³/mol. The largest absolute Gasteiger partial charge is 0.385 e. The highest BCUT2D eigenvalue weighted by Crippen LogP contribution is 2.39. The fraction of sp³-hybridized carbons (Fsp3) is 0.481. The lowest BCUT2D eigenvalue weighted by molar-refractivity contribution is -0.122. The highest BCUT2D eigenvalue weighted by Gasteiger charge is 2.40. The Morgan fingerprint density at radius 3 is 2.38 bits per heavy atom. The van der Waals surface area contributed by atoms with Gasteiger partial charge in [0.2, 0.25) is 5.91 Å². The summed E-state index contributed by atoms with van der Waals surface area (Å²) in [6, 6.07) is 16.1. The lowest BCUT2D eigenvalue weighted by atomic mass is 9.76. The number of nitrogens with one attached hydrogen (secondary N) is 2. The van der Waals surface area contributed by atoms with Crippen molar-refractivity contribution < 1.29 is 14.7 Å². The van der Waals surface area contributed by atoms with Crippen LogP contribution in [-0.2, 0) is 10.4 Å². The molecule has 2 aromatic carbocycles. The maximum atomic E-state index is 12.3. The monoisotopic (exact) mass is 464 g/mol. The summed E-state index contributed by atoms with van der Waals surface area (Å²) in [6.45, 7) is 3.55. The Balaban J connectivity index is 1.17. The van der Waals surface area contributed by atoms with Gasteiger partial charge in [-0.2, -0.15) is 0 Å². The summed E-state index contributed by atoms with van der Waals surface area (Å²) in [6.07, 6.45) is 3.38. The topological polar surface area (TPSA) is 84.9 Å². The smallest absolute Gasteiger partial charge is 0.251 e. The van der Waals surface area contributed by atoms with E-state index in [4.69, 9.17) is 0 Å². The van der Waals surface area contributed by atoms with Gasteiger partial charge in [-0.25, -0.2) is 0 Å². The second-order valence-electron chi connectivity index (χ2n) is 9.97. The van der Waals surface area contributed by atoms with Crippen molar-refractivity contribution in [3.8, 4) is 0 Å². The second kappa shape index (κ2) is 10.2. The summed E-state index contributed by atoms with van der Waals surface area (Å²) in [4.78, 5) is 28.9. The number of nitrogens with zero attached hydrogens (tertiary/aromatic N) is 2. The van der Waals surface area contributed by atoms with Crippen molar-refractivity contribution in [2.24, 2.45) is 0 Å². The van der Waals surface area contributed by atoms with E-state index >= 15 is 0 Å². The third-order valence-corrected chi connectivity index (χ3v) is 7.18. The van der Waals surface area contributed by atoms with Crippen LogP contribution in [0.3, 0.4) is 0 Å². The first-order chi connectivity index (χ1) is 16.2. The van der Waals surface area contributed by atoms with E-state index < -0.39 is 5.60 Å². The fourth-order valence-electron chi connectivity index (χ4n) is 5.03. The van der Waals surface area contributed by atoms with E-state index in [2.05, 4.69) is 32.6 Å². The van der Waals surface area contributed by atoms with E-state index in [9.17, 15) is 14.7 Å². The zero-order chi connectivity index (χ0) is 24.3. The summed E-state index contributed by atoms with van der Waals surface area (Å²) in [5, 5.41) is 16.9. The maximum absolute atomic E-state index is 12.3. The lowest BCUT2D eigenvalue weighted by Crippen LogP contribution is -2.63. The van der Waals surface area contributed by atoms with E-state index in [-0.39, 0.29) is 24.4 Å². The highest BCUT2D eigenvalue weighted by molar-refractivity contribution is 5.96. The van der Waals surface area contributed by atoms with Crippen LogP contribution in [0.1, 0.15) is 47.2 Å². The molecule has 1 heterocycles. The molecule has 1 saturated carbocycles. The van der Waals surface area contributed by atoms with Gasteiger partial charge in [-0.05, 0) is 62.4 Å². The van der Waals surface area contributed by atoms with Gasteiger partial charge in [-0.3, -0.25) is 14.5 Å².